The van der Waals surface area contributed by atoms with Gasteiger partial charge < -0.3 is 14.2 Å². The summed E-state index contributed by atoms with van der Waals surface area (Å²) in [5.74, 6) is 0.688. The third kappa shape index (κ3) is 2.47. The molecule has 1 aromatic carbocycles. The zero-order valence-electron chi connectivity index (χ0n) is 20.0. The Morgan fingerprint density at radius 2 is 1.91 bits per heavy atom. The van der Waals surface area contributed by atoms with E-state index in [0.29, 0.717) is 11.8 Å². The average Bonchev–Trinajstić information content (AvgIpc) is 3.53. The highest BCUT2D eigenvalue weighted by molar-refractivity contribution is 5.82. The molecule has 2 saturated carbocycles. The van der Waals surface area contributed by atoms with Crippen LogP contribution in [0.2, 0.25) is 0 Å². The Labute approximate surface area is 201 Å². The maximum absolute atomic E-state index is 7.39. The van der Waals surface area contributed by atoms with E-state index in [0.717, 1.165) is 51.7 Å². The first-order valence-electron chi connectivity index (χ1n) is 13.3. The first kappa shape index (κ1) is 20.2. The van der Waals surface area contributed by atoms with Gasteiger partial charge in [-0.3, -0.25) is 4.98 Å². The van der Waals surface area contributed by atoms with Crippen molar-refractivity contribution in [3.8, 4) is 0 Å². The molecule has 34 heavy (non-hydrogen) atoms. The Kier molecular flexibility index (Phi) is 3.92. The van der Waals surface area contributed by atoms with Crippen LogP contribution >= 0.6 is 0 Å². The first-order valence-corrected chi connectivity index (χ1v) is 13.3. The minimum atomic E-state index is -0.417. The zero-order chi connectivity index (χ0) is 22.6. The molecule has 3 aliphatic carbocycles. The number of pyridine rings is 1. The molecule has 4 fully saturated rings. The molecule has 3 aliphatic heterocycles. The molecule has 4 heteroatoms. The molecule has 0 amide bonds. The molecule has 0 radical (unpaired) electrons. The van der Waals surface area contributed by atoms with Gasteiger partial charge in [0.25, 0.3) is 0 Å². The van der Waals surface area contributed by atoms with Crippen LogP contribution in [0.5, 0.6) is 0 Å². The van der Waals surface area contributed by atoms with Gasteiger partial charge in [0.15, 0.2) is 5.79 Å². The quantitative estimate of drug-likeness (QED) is 0.512. The summed E-state index contributed by atoms with van der Waals surface area (Å²) in [5, 5.41) is 2.53. The van der Waals surface area contributed by atoms with E-state index in [2.05, 4.69) is 48.3 Å². The number of rotatable bonds is 1. The van der Waals surface area contributed by atoms with E-state index < -0.39 is 5.79 Å². The van der Waals surface area contributed by atoms with Gasteiger partial charge >= 0.3 is 0 Å². The summed E-state index contributed by atoms with van der Waals surface area (Å²) in [5.41, 5.74) is 4.33. The maximum atomic E-state index is 7.39. The SMILES string of the molecule is CC12CC=C3C=C4CCC5(C[C@]46CC[C@]3(O6)[C@@H]1CCC2c1ccc2ccncc2c1)OCCO5. The lowest BCUT2D eigenvalue weighted by atomic mass is 9.58. The van der Waals surface area contributed by atoms with Gasteiger partial charge in [0.2, 0.25) is 0 Å². The van der Waals surface area contributed by atoms with Gasteiger partial charge in [-0.1, -0.05) is 31.2 Å². The van der Waals surface area contributed by atoms with Crippen molar-refractivity contribution in [2.24, 2.45) is 11.3 Å². The zero-order valence-corrected chi connectivity index (χ0v) is 20.0. The van der Waals surface area contributed by atoms with Crippen LogP contribution in [-0.4, -0.2) is 35.2 Å². The van der Waals surface area contributed by atoms with Crippen molar-refractivity contribution in [2.75, 3.05) is 13.2 Å². The van der Waals surface area contributed by atoms with Gasteiger partial charge in [-0.15, -0.1) is 0 Å². The minimum Gasteiger partial charge on any atom is -0.359 e. The molecule has 2 bridgehead atoms. The molecular formula is C30H33NO3. The summed E-state index contributed by atoms with van der Waals surface area (Å²) < 4.78 is 19.7. The van der Waals surface area contributed by atoms with Crippen LogP contribution in [0.25, 0.3) is 10.8 Å². The second-order valence-electron chi connectivity index (χ2n) is 12.0. The van der Waals surface area contributed by atoms with Gasteiger partial charge in [0, 0.05) is 30.6 Å². The van der Waals surface area contributed by atoms with Crippen molar-refractivity contribution in [2.45, 2.75) is 81.2 Å². The summed E-state index contributed by atoms with van der Waals surface area (Å²) in [6.07, 6.45) is 17.7. The molecule has 2 aromatic rings. The molecule has 2 saturated heterocycles. The molecule has 6 aliphatic rings. The van der Waals surface area contributed by atoms with Crippen molar-refractivity contribution in [3.63, 3.8) is 0 Å². The lowest BCUT2D eigenvalue weighted by molar-refractivity contribution is -0.226. The first-order chi connectivity index (χ1) is 16.5. The number of aromatic nitrogens is 1. The number of benzene rings is 1. The van der Waals surface area contributed by atoms with Gasteiger partial charge in [0.1, 0.15) is 0 Å². The van der Waals surface area contributed by atoms with Crippen LogP contribution in [-0.2, 0) is 14.2 Å². The van der Waals surface area contributed by atoms with Crippen molar-refractivity contribution >= 4 is 10.8 Å². The number of nitrogens with zero attached hydrogens (tertiary/aromatic N) is 1. The van der Waals surface area contributed by atoms with Crippen molar-refractivity contribution < 1.29 is 14.2 Å². The van der Waals surface area contributed by atoms with Gasteiger partial charge in [-0.25, -0.2) is 0 Å². The Morgan fingerprint density at radius 1 is 1.00 bits per heavy atom. The smallest absolute Gasteiger partial charge is 0.171 e. The van der Waals surface area contributed by atoms with E-state index in [1.54, 1.807) is 0 Å². The van der Waals surface area contributed by atoms with Crippen molar-refractivity contribution in [3.05, 3.63) is 65.5 Å². The van der Waals surface area contributed by atoms with Gasteiger partial charge in [0.05, 0.1) is 24.4 Å². The third-order valence-electron chi connectivity index (χ3n) is 10.6. The van der Waals surface area contributed by atoms with E-state index >= 15 is 0 Å². The van der Waals surface area contributed by atoms with Gasteiger partial charge in [-0.2, -0.15) is 0 Å². The number of allylic oxidation sites excluding steroid dienone is 1. The fourth-order valence-corrected chi connectivity index (χ4v) is 9.00. The van der Waals surface area contributed by atoms with Gasteiger partial charge in [-0.05, 0) is 90.0 Å². The van der Waals surface area contributed by atoms with Crippen LogP contribution in [0.3, 0.4) is 0 Å². The van der Waals surface area contributed by atoms with Crippen molar-refractivity contribution in [1.82, 2.24) is 4.98 Å². The van der Waals surface area contributed by atoms with E-state index in [9.17, 15) is 0 Å². The molecule has 1 aromatic heterocycles. The predicted octanol–water partition coefficient (Wildman–Crippen LogP) is 6.22. The minimum absolute atomic E-state index is 0.138. The number of ether oxygens (including phenoxy) is 3. The second kappa shape index (κ2) is 6.60. The third-order valence-corrected chi connectivity index (χ3v) is 10.6. The lowest BCUT2D eigenvalue weighted by Crippen LogP contribution is -2.56. The molecule has 4 nitrogen and oxygen atoms in total. The standard InChI is InChI=1S/C30H33NO3/c1-27-9-6-24-17-23-7-10-29(32-14-15-33-29)19-28(23)11-12-30(24,34-28)26(27)5-4-25(27)21-3-2-20-8-13-31-18-22(20)16-21/h2-3,6,8,13,16-18,25-26H,4-5,7,9-12,14-15,19H2,1H3/t25?,26-,27?,28-,30-/m1/s1. The van der Waals surface area contributed by atoms with E-state index in [4.69, 9.17) is 14.2 Å². The maximum Gasteiger partial charge on any atom is 0.171 e. The molecule has 8 rings (SSSR count). The molecule has 5 atom stereocenters. The molecule has 4 heterocycles. The molecular weight excluding hydrogens is 422 g/mol. The van der Waals surface area contributed by atoms with Crippen molar-refractivity contribution in [1.29, 1.82) is 0 Å². The normalized spacial score (nSPS) is 41.7. The predicted molar refractivity (Wildman–Crippen MR) is 130 cm³/mol. The van der Waals surface area contributed by atoms with E-state index in [-0.39, 0.29) is 16.6 Å². The summed E-state index contributed by atoms with van der Waals surface area (Å²) in [4.78, 5) is 4.37. The topological polar surface area (TPSA) is 40.6 Å². The highest BCUT2D eigenvalue weighted by Gasteiger charge is 2.68. The summed E-state index contributed by atoms with van der Waals surface area (Å²) in [7, 11) is 0. The Hall–Kier alpha value is -2.01. The molecule has 176 valence electrons. The fraction of sp³-hybridized carbons (Fsp3) is 0.567. The highest BCUT2D eigenvalue weighted by atomic mass is 16.7. The fourth-order valence-electron chi connectivity index (χ4n) is 9.00. The highest BCUT2D eigenvalue weighted by Crippen LogP contribution is 2.69. The van der Waals surface area contributed by atoms with Crippen LogP contribution in [0, 0.1) is 11.3 Å². The Balaban J connectivity index is 1.18. The summed E-state index contributed by atoms with van der Waals surface area (Å²) in [6.45, 7) is 3.98. The van der Waals surface area contributed by atoms with Crippen LogP contribution in [0.1, 0.15) is 69.8 Å². The van der Waals surface area contributed by atoms with E-state index in [1.807, 2.05) is 12.4 Å². The largest absolute Gasteiger partial charge is 0.359 e. The van der Waals surface area contributed by atoms with Crippen LogP contribution < -0.4 is 0 Å². The summed E-state index contributed by atoms with van der Waals surface area (Å²) >= 11 is 0. The van der Waals surface area contributed by atoms with E-state index in [1.165, 1.54) is 40.3 Å². The monoisotopic (exact) mass is 455 g/mol. The Morgan fingerprint density at radius 3 is 2.82 bits per heavy atom. The number of hydrogen-bond acceptors (Lipinski definition) is 4. The molecule has 0 N–H and O–H groups in total. The Bertz CT molecular complexity index is 1260. The number of fused-ring (bicyclic) bond motifs is 2. The average molecular weight is 456 g/mol. The van der Waals surface area contributed by atoms with Crippen LogP contribution in [0.15, 0.2) is 60.0 Å². The summed E-state index contributed by atoms with van der Waals surface area (Å²) in [6, 6.07) is 9.16. The lowest BCUT2D eigenvalue weighted by Gasteiger charge is -2.55. The van der Waals surface area contributed by atoms with Crippen LogP contribution in [0.4, 0.5) is 0 Å². The molecule has 2 unspecified atom stereocenters. The molecule has 3 spiro atoms. The second-order valence-corrected chi connectivity index (χ2v) is 12.0. The number of hydrogen-bond donors (Lipinski definition) is 0.